The van der Waals surface area contributed by atoms with Crippen LogP contribution in [0.3, 0.4) is 0 Å². The number of quaternary nitrogens is 1. The van der Waals surface area contributed by atoms with E-state index in [4.69, 9.17) is 4.74 Å². The van der Waals surface area contributed by atoms with Crippen LogP contribution in [0.2, 0.25) is 0 Å². The number of benzene rings is 2. The number of ether oxygens (including phenoxy) is 1. The van der Waals surface area contributed by atoms with Crippen LogP contribution in [0, 0.1) is 31.6 Å². The SMILES string of the molecule is COc1ccc(CN2C(=O)C3C(C(C)C)[NH2+][C@]4(C(=O)Nc5c4ccc(C)c5C)C3C2=O)cc1. The zero-order valence-corrected chi connectivity index (χ0v) is 19.6. The van der Waals surface area contributed by atoms with Crippen LogP contribution in [0.1, 0.15) is 36.1 Å². The summed E-state index contributed by atoms with van der Waals surface area (Å²) >= 11 is 0. The average Bonchev–Trinajstić information content (AvgIpc) is 3.38. The molecule has 3 N–H and O–H groups in total. The predicted octanol–water partition coefficient (Wildman–Crippen LogP) is 1.86. The van der Waals surface area contributed by atoms with Crippen molar-refractivity contribution in [3.63, 3.8) is 0 Å². The Hall–Kier alpha value is -3.19. The highest BCUT2D eigenvalue weighted by Crippen LogP contribution is 2.51. The van der Waals surface area contributed by atoms with E-state index in [1.54, 1.807) is 7.11 Å². The van der Waals surface area contributed by atoms with Crippen molar-refractivity contribution in [3.8, 4) is 5.75 Å². The number of amides is 3. The van der Waals surface area contributed by atoms with E-state index in [2.05, 4.69) is 19.2 Å². The summed E-state index contributed by atoms with van der Waals surface area (Å²) in [6.45, 7) is 8.28. The summed E-state index contributed by atoms with van der Waals surface area (Å²) in [7, 11) is 1.60. The Morgan fingerprint density at radius 3 is 2.39 bits per heavy atom. The maximum Gasteiger partial charge on any atom is 0.291 e. The zero-order valence-electron chi connectivity index (χ0n) is 19.6. The number of hydrogen-bond donors (Lipinski definition) is 2. The van der Waals surface area contributed by atoms with Crippen LogP contribution in [-0.4, -0.2) is 35.8 Å². The first-order chi connectivity index (χ1) is 15.7. The molecular formula is C26H30N3O4+. The van der Waals surface area contributed by atoms with Gasteiger partial charge in [-0.1, -0.05) is 32.0 Å². The van der Waals surface area contributed by atoms with Crippen molar-refractivity contribution in [2.45, 2.75) is 45.8 Å². The topological polar surface area (TPSA) is 92.3 Å². The third-order valence-electron chi connectivity index (χ3n) is 7.87. The van der Waals surface area contributed by atoms with Crippen molar-refractivity contribution in [1.29, 1.82) is 0 Å². The first kappa shape index (κ1) is 21.6. The second-order valence-electron chi connectivity index (χ2n) is 9.86. The van der Waals surface area contributed by atoms with Crippen molar-refractivity contribution >= 4 is 23.4 Å². The summed E-state index contributed by atoms with van der Waals surface area (Å²) in [6.07, 6.45) is 0. The van der Waals surface area contributed by atoms with Gasteiger partial charge < -0.3 is 15.4 Å². The summed E-state index contributed by atoms with van der Waals surface area (Å²) in [5.74, 6) is -1.06. The Balaban J connectivity index is 1.59. The van der Waals surface area contributed by atoms with Gasteiger partial charge in [0, 0.05) is 11.5 Å². The molecule has 2 fully saturated rings. The third kappa shape index (κ3) is 2.88. The van der Waals surface area contributed by atoms with E-state index in [1.807, 2.05) is 55.6 Å². The second kappa shape index (κ2) is 7.42. The Bertz CT molecular complexity index is 1170. The third-order valence-corrected chi connectivity index (χ3v) is 7.87. The molecule has 172 valence electrons. The summed E-state index contributed by atoms with van der Waals surface area (Å²) < 4.78 is 5.21. The molecule has 7 heteroatoms. The minimum absolute atomic E-state index is 0.123. The van der Waals surface area contributed by atoms with Gasteiger partial charge in [0.05, 0.1) is 19.3 Å². The van der Waals surface area contributed by atoms with Gasteiger partial charge in [-0.05, 0) is 48.7 Å². The normalized spacial score (nSPS) is 28.0. The highest BCUT2D eigenvalue weighted by Gasteiger charge is 2.74. The molecule has 2 saturated heterocycles. The molecule has 3 amide bonds. The number of imide groups is 1. The molecule has 3 heterocycles. The number of carbonyl (C=O) groups excluding carboxylic acids is 3. The molecule has 2 aromatic carbocycles. The number of methoxy groups -OCH3 is 1. The molecular weight excluding hydrogens is 418 g/mol. The Morgan fingerprint density at radius 2 is 1.76 bits per heavy atom. The first-order valence-corrected chi connectivity index (χ1v) is 11.5. The standard InChI is InChI=1S/C26H29N3O4/c1-13(2)21-19-20(24(31)29(23(19)30)12-16-7-9-17(33-5)10-8-16)26(28-21)18-11-6-14(3)15(4)22(18)27-25(26)32/h6-11,13,19-21,28H,12H2,1-5H3,(H,27,32)/p+1/t19?,20?,21?,26-/m0/s1. The lowest BCUT2D eigenvalue weighted by Crippen LogP contribution is -2.99. The van der Waals surface area contributed by atoms with E-state index in [0.717, 1.165) is 27.9 Å². The molecule has 0 aliphatic carbocycles. The van der Waals surface area contributed by atoms with E-state index < -0.39 is 17.4 Å². The number of likely N-dealkylation sites (tertiary alicyclic amines) is 1. The van der Waals surface area contributed by atoms with Crippen LogP contribution < -0.4 is 15.4 Å². The fraction of sp³-hybridized carbons (Fsp3) is 0.423. The predicted molar refractivity (Wildman–Crippen MR) is 122 cm³/mol. The van der Waals surface area contributed by atoms with Crippen LogP contribution in [-0.2, 0) is 26.5 Å². The number of fused-ring (bicyclic) bond motifs is 4. The van der Waals surface area contributed by atoms with Gasteiger partial charge in [0.2, 0.25) is 17.4 Å². The van der Waals surface area contributed by atoms with Crippen molar-refractivity contribution < 1.29 is 24.4 Å². The van der Waals surface area contributed by atoms with Crippen molar-refractivity contribution in [3.05, 3.63) is 58.7 Å². The maximum atomic E-state index is 13.8. The molecule has 33 heavy (non-hydrogen) atoms. The van der Waals surface area contributed by atoms with Crippen LogP contribution in [0.15, 0.2) is 36.4 Å². The van der Waals surface area contributed by atoms with Crippen LogP contribution in [0.4, 0.5) is 5.69 Å². The number of anilines is 1. The molecule has 0 saturated carbocycles. The minimum Gasteiger partial charge on any atom is -0.497 e. The largest absolute Gasteiger partial charge is 0.497 e. The lowest BCUT2D eigenvalue weighted by molar-refractivity contribution is -0.738. The number of aryl methyl sites for hydroxylation is 1. The zero-order chi connectivity index (χ0) is 23.7. The number of nitrogens with zero attached hydrogens (tertiary/aromatic N) is 1. The van der Waals surface area contributed by atoms with E-state index in [0.29, 0.717) is 5.75 Å². The van der Waals surface area contributed by atoms with Crippen molar-refractivity contribution in [2.75, 3.05) is 12.4 Å². The summed E-state index contributed by atoms with van der Waals surface area (Å²) in [5.41, 5.74) is 3.42. The number of rotatable bonds is 4. The van der Waals surface area contributed by atoms with Gasteiger partial charge in [0.15, 0.2) is 0 Å². The van der Waals surface area contributed by atoms with Crippen molar-refractivity contribution in [1.82, 2.24) is 4.90 Å². The number of hydrogen-bond acceptors (Lipinski definition) is 4. The van der Waals surface area contributed by atoms with Gasteiger partial charge >= 0.3 is 0 Å². The van der Waals surface area contributed by atoms with E-state index in [9.17, 15) is 14.4 Å². The molecule has 7 nitrogen and oxygen atoms in total. The van der Waals surface area contributed by atoms with Crippen molar-refractivity contribution in [2.24, 2.45) is 17.8 Å². The molecule has 1 spiro atoms. The summed E-state index contributed by atoms with van der Waals surface area (Å²) in [6, 6.07) is 11.1. The molecule has 3 unspecified atom stereocenters. The number of carbonyl (C=O) groups is 3. The number of nitrogens with one attached hydrogen (secondary N) is 1. The number of nitrogens with two attached hydrogens (primary N) is 1. The molecule has 5 rings (SSSR count). The van der Waals surface area contributed by atoms with Gasteiger partial charge in [-0.3, -0.25) is 19.3 Å². The molecule has 0 aromatic heterocycles. The highest BCUT2D eigenvalue weighted by atomic mass is 16.5. The summed E-state index contributed by atoms with van der Waals surface area (Å²) in [5, 5.41) is 5.06. The second-order valence-corrected chi connectivity index (χ2v) is 9.86. The van der Waals surface area contributed by atoms with Crippen LogP contribution in [0.25, 0.3) is 0 Å². The fourth-order valence-electron chi connectivity index (χ4n) is 5.94. The summed E-state index contributed by atoms with van der Waals surface area (Å²) in [4.78, 5) is 42.4. The highest BCUT2D eigenvalue weighted by molar-refractivity contribution is 6.14. The smallest absolute Gasteiger partial charge is 0.291 e. The minimum atomic E-state index is -1.12. The van der Waals surface area contributed by atoms with E-state index >= 15 is 0 Å². The average molecular weight is 449 g/mol. The molecule has 0 bridgehead atoms. The maximum absolute atomic E-state index is 13.8. The van der Waals surface area contributed by atoms with Gasteiger partial charge in [0.1, 0.15) is 23.6 Å². The van der Waals surface area contributed by atoms with Gasteiger partial charge in [-0.15, -0.1) is 0 Å². The Morgan fingerprint density at radius 1 is 1.06 bits per heavy atom. The van der Waals surface area contributed by atoms with E-state index in [-0.39, 0.29) is 36.2 Å². The molecule has 3 aliphatic rings. The van der Waals surface area contributed by atoms with Gasteiger partial charge in [-0.25, -0.2) is 0 Å². The van der Waals surface area contributed by atoms with E-state index in [1.165, 1.54) is 4.90 Å². The first-order valence-electron chi connectivity index (χ1n) is 11.5. The Kier molecular flexibility index (Phi) is 4.86. The van der Waals surface area contributed by atoms with Crippen LogP contribution >= 0.6 is 0 Å². The molecule has 2 aromatic rings. The van der Waals surface area contributed by atoms with Crippen LogP contribution in [0.5, 0.6) is 5.75 Å². The molecule has 0 radical (unpaired) electrons. The van der Waals surface area contributed by atoms with Gasteiger partial charge in [-0.2, -0.15) is 0 Å². The monoisotopic (exact) mass is 448 g/mol. The fourth-order valence-corrected chi connectivity index (χ4v) is 5.94. The Labute approximate surface area is 193 Å². The molecule has 4 atom stereocenters. The van der Waals surface area contributed by atoms with Gasteiger partial charge in [0.25, 0.3) is 5.91 Å². The lowest BCUT2D eigenvalue weighted by atomic mass is 9.75. The molecule has 3 aliphatic heterocycles. The lowest BCUT2D eigenvalue weighted by Gasteiger charge is -2.27. The quantitative estimate of drug-likeness (QED) is 0.699.